The number of fused-ring (bicyclic) bond motifs is 1. The minimum Gasteiger partial charge on any atom is -0.380 e. The fraction of sp³-hybridized carbons (Fsp3) is 0.500. The second-order valence-corrected chi connectivity index (χ2v) is 5.10. The molecule has 3 rings (SSSR count). The summed E-state index contributed by atoms with van der Waals surface area (Å²) in [5, 5.41) is 0.992. The van der Waals surface area contributed by atoms with E-state index in [0.29, 0.717) is 12.6 Å². The molecule has 0 bridgehead atoms. The maximum Gasteiger partial charge on any atom is 0.222 e. The largest absolute Gasteiger partial charge is 0.380 e. The molecular formula is C14H19N5O. The molecule has 6 nitrogen and oxygen atoms in total. The molecule has 106 valence electrons. The highest BCUT2D eigenvalue weighted by molar-refractivity contribution is 5.92. The molecule has 2 N–H and O–H groups in total. The van der Waals surface area contributed by atoms with Crippen LogP contribution in [0.1, 0.15) is 17.8 Å². The summed E-state index contributed by atoms with van der Waals surface area (Å²) >= 11 is 0. The van der Waals surface area contributed by atoms with Gasteiger partial charge >= 0.3 is 0 Å². The molecule has 1 fully saturated rings. The molecule has 0 unspecified atom stereocenters. The van der Waals surface area contributed by atoms with Crippen LogP contribution in [0.3, 0.4) is 0 Å². The average molecular weight is 273 g/mol. The Bertz CT molecular complexity index is 630. The smallest absolute Gasteiger partial charge is 0.222 e. The van der Waals surface area contributed by atoms with Crippen molar-refractivity contribution in [3.63, 3.8) is 0 Å². The first-order valence-corrected chi connectivity index (χ1v) is 6.89. The third kappa shape index (κ3) is 2.38. The van der Waals surface area contributed by atoms with Crippen LogP contribution in [0.25, 0.3) is 10.9 Å². The lowest BCUT2D eigenvalue weighted by atomic mass is 10.2. The Morgan fingerprint density at radius 3 is 2.85 bits per heavy atom. The first-order chi connectivity index (χ1) is 9.65. The second-order valence-electron chi connectivity index (χ2n) is 5.10. The zero-order valence-corrected chi connectivity index (χ0v) is 11.9. The van der Waals surface area contributed by atoms with Crippen molar-refractivity contribution >= 4 is 22.7 Å². The standard InChI is InChI=1S/C14H19N5O/c1-9-8-11-12(10(2)16-9)13(18-14(15)17-11)19-4-3-6-20-7-5-19/h8H,3-7H2,1-2H3,(H2,15,17,18). The van der Waals surface area contributed by atoms with Gasteiger partial charge in [-0.15, -0.1) is 0 Å². The molecule has 20 heavy (non-hydrogen) atoms. The number of ether oxygens (including phenoxy) is 1. The minimum atomic E-state index is 0.308. The van der Waals surface area contributed by atoms with E-state index in [1.54, 1.807) is 0 Å². The molecule has 0 aliphatic carbocycles. The number of nitrogens with zero attached hydrogens (tertiary/aromatic N) is 4. The fourth-order valence-corrected chi connectivity index (χ4v) is 2.67. The Kier molecular flexibility index (Phi) is 3.40. The monoisotopic (exact) mass is 273 g/mol. The van der Waals surface area contributed by atoms with Gasteiger partial charge in [-0.25, -0.2) is 4.98 Å². The molecule has 1 aliphatic heterocycles. The van der Waals surface area contributed by atoms with Gasteiger partial charge in [0.1, 0.15) is 5.82 Å². The lowest BCUT2D eigenvalue weighted by molar-refractivity contribution is 0.152. The number of aromatic nitrogens is 3. The predicted octanol–water partition coefficient (Wildman–Crippen LogP) is 1.45. The van der Waals surface area contributed by atoms with Crippen LogP contribution in [0.15, 0.2) is 6.07 Å². The van der Waals surface area contributed by atoms with Crippen molar-refractivity contribution in [2.45, 2.75) is 20.3 Å². The highest BCUT2D eigenvalue weighted by Crippen LogP contribution is 2.28. The number of nitrogen functional groups attached to an aromatic ring is 1. The SMILES string of the molecule is Cc1cc2nc(N)nc(N3CCCOCC3)c2c(C)n1. The Hall–Kier alpha value is -1.95. The van der Waals surface area contributed by atoms with E-state index < -0.39 is 0 Å². The van der Waals surface area contributed by atoms with Crippen LogP contribution >= 0.6 is 0 Å². The molecule has 0 aromatic carbocycles. The van der Waals surface area contributed by atoms with Crippen molar-refractivity contribution in [1.82, 2.24) is 15.0 Å². The Balaban J connectivity index is 2.17. The number of pyridine rings is 1. The van der Waals surface area contributed by atoms with Gasteiger partial charge in [0.25, 0.3) is 0 Å². The fourth-order valence-electron chi connectivity index (χ4n) is 2.67. The van der Waals surface area contributed by atoms with E-state index in [-0.39, 0.29) is 0 Å². The van der Waals surface area contributed by atoms with Crippen LogP contribution in [0.4, 0.5) is 11.8 Å². The van der Waals surface area contributed by atoms with Gasteiger partial charge < -0.3 is 15.4 Å². The van der Waals surface area contributed by atoms with Gasteiger partial charge in [0, 0.05) is 25.4 Å². The summed E-state index contributed by atoms with van der Waals surface area (Å²) in [5.41, 5.74) is 8.62. The number of anilines is 2. The van der Waals surface area contributed by atoms with Gasteiger partial charge in [-0.1, -0.05) is 0 Å². The number of hydrogen-bond acceptors (Lipinski definition) is 6. The molecule has 0 atom stereocenters. The third-order valence-corrected chi connectivity index (χ3v) is 3.51. The molecule has 1 aliphatic rings. The second kappa shape index (κ2) is 5.20. The number of nitrogens with two attached hydrogens (primary N) is 1. The Labute approximate surface area is 118 Å². The lowest BCUT2D eigenvalue weighted by Gasteiger charge is -2.23. The van der Waals surface area contributed by atoms with E-state index in [0.717, 1.165) is 54.2 Å². The van der Waals surface area contributed by atoms with Gasteiger partial charge in [-0.2, -0.15) is 4.98 Å². The van der Waals surface area contributed by atoms with Crippen molar-refractivity contribution in [2.75, 3.05) is 36.9 Å². The molecule has 3 heterocycles. The predicted molar refractivity (Wildman–Crippen MR) is 78.9 cm³/mol. The highest BCUT2D eigenvalue weighted by atomic mass is 16.5. The molecular weight excluding hydrogens is 254 g/mol. The van der Waals surface area contributed by atoms with Crippen molar-refractivity contribution in [2.24, 2.45) is 0 Å². The van der Waals surface area contributed by atoms with Crippen molar-refractivity contribution < 1.29 is 4.74 Å². The summed E-state index contributed by atoms with van der Waals surface area (Å²) in [7, 11) is 0. The van der Waals surface area contributed by atoms with Gasteiger partial charge in [0.2, 0.25) is 5.95 Å². The summed E-state index contributed by atoms with van der Waals surface area (Å²) < 4.78 is 5.51. The van der Waals surface area contributed by atoms with Crippen LogP contribution in [0, 0.1) is 13.8 Å². The molecule has 0 radical (unpaired) electrons. The minimum absolute atomic E-state index is 0.308. The van der Waals surface area contributed by atoms with Crippen molar-refractivity contribution in [1.29, 1.82) is 0 Å². The van der Waals surface area contributed by atoms with E-state index >= 15 is 0 Å². The normalized spacial score (nSPS) is 16.4. The van der Waals surface area contributed by atoms with Crippen LogP contribution in [0.5, 0.6) is 0 Å². The first kappa shape index (κ1) is 13.1. The van der Waals surface area contributed by atoms with Gasteiger partial charge in [-0.05, 0) is 26.3 Å². The van der Waals surface area contributed by atoms with Crippen LogP contribution < -0.4 is 10.6 Å². The average Bonchev–Trinajstić information content (AvgIpc) is 2.65. The van der Waals surface area contributed by atoms with Crippen molar-refractivity contribution in [3.05, 3.63) is 17.5 Å². The molecule has 2 aromatic heterocycles. The quantitative estimate of drug-likeness (QED) is 0.847. The van der Waals surface area contributed by atoms with Gasteiger partial charge in [-0.3, -0.25) is 4.98 Å². The molecule has 2 aromatic rings. The molecule has 6 heteroatoms. The van der Waals surface area contributed by atoms with Gasteiger partial charge in [0.15, 0.2) is 0 Å². The maximum absolute atomic E-state index is 5.87. The van der Waals surface area contributed by atoms with Crippen LogP contribution in [0.2, 0.25) is 0 Å². The maximum atomic E-state index is 5.87. The van der Waals surface area contributed by atoms with Crippen LogP contribution in [-0.2, 0) is 4.74 Å². The molecule has 0 spiro atoms. The summed E-state index contributed by atoms with van der Waals surface area (Å²) in [4.78, 5) is 15.6. The lowest BCUT2D eigenvalue weighted by Crippen LogP contribution is -2.27. The van der Waals surface area contributed by atoms with E-state index in [1.165, 1.54) is 0 Å². The highest BCUT2D eigenvalue weighted by Gasteiger charge is 2.18. The van der Waals surface area contributed by atoms with Crippen molar-refractivity contribution in [3.8, 4) is 0 Å². The van der Waals surface area contributed by atoms with E-state index in [2.05, 4.69) is 19.9 Å². The summed E-state index contributed by atoms with van der Waals surface area (Å²) in [6.07, 6.45) is 0.990. The zero-order valence-electron chi connectivity index (χ0n) is 11.9. The summed E-state index contributed by atoms with van der Waals surface area (Å²) in [6, 6.07) is 1.96. The topological polar surface area (TPSA) is 77.2 Å². The van der Waals surface area contributed by atoms with E-state index in [1.807, 2.05) is 19.9 Å². The molecule has 1 saturated heterocycles. The Morgan fingerprint density at radius 1 is 1.15 bits per heavy atom. The Morgan fingerprint density at radius 2 is 2.00 bits per heavy atom. The third-order valence-electron chi connectivity index (χ3n) is 3.51. The van der Waals surface area contributed by atoms with E-state index in [9.17, 15) is 0 Å². The van der Waals surface area contributed by atoms with Gasteiger partial charge in [0.05, 0.1) is 23.2 Å². The van der Waals surface area contributed by atoms with E-state index in [4.69, 9.17) is 10.5 Å². The summed E-state index contributed by atoms with van der Waals surface area (Å²) in [6.45, 7) is 7.20. The number of hydrogen-bond donors (Lipinski definition) is 1. The zero-order chi connectivity index (χ0) is 14.1. The molecule has 0 saturated carbocycles. The number of rotatable bonds is 1. The molecule has 0 amide bonds. The number of aryl methyl sites for hydroxylation is 2. The summed E-state index contributed by atoms with van der Waals surface area (Å²) in [5.74, 6) is 1.19. The first-order valence-electron chi connectivity index (χ1n) is 6.89. The van der Waals surface area contributed by atoms with Crippen LogP contribution in [-0.4, -0.2) is 41.3 Å².